The molecule has 1 unspecified atom stereocenters. The second-order valence-electron chi connectivity index (χ2n) is 6.99. The van der Waals surface area contributed by atoms with Gasteiger partial charge in [-0.25, -0.2) is 14.4 Å². The standard InChI is InChI=1S/C21H26ClFN4O/c1-3-24-21(26-12-16-6-9-20(22)25-11-16)27-14(2)17-7-8-19(18(23)10-17)28-13-15-4-5-15/h6-11,14-15H,3-5,12-13H2,1-2H3,(H2,24,26,27). The Labute approximate surface area is 170 Å². The Morgan fingerprint density at radius 2 is 2.18 bits per heavy atom. The number of aliphatic imine (C=N–C) groups is 1. The smallest absolute Gasteiger partial charge is 0.192 e. The van der Waals surface area contributed by atoms with Crippen molar-refractivity contribution in [2.75, 3.05) is 13.2 Å². The molecule has 0 spiro atoms. The first-order valence-electron chi connectivity index (χ1n) is 9.62. The van der Waals surface area contributed by atoms with Gasteiger partial charge in [0, 0.05) is 12.7 Å². The fourth-order valence-corrected chi connectivity index (χ4v) is 2.79. The number of halogens is 2. The lowest BCUT2D eigenvalue weighted by molar-refractivity contribution is 0.285. The molecule has 0 amide bonds. The van der Waals surface area contributed by atoms with Gasteiger partial charge in [0.05, 0.1) is 19.2 Å². The lowest BCUT2D eigenvalue weighted by atomic mass is 10.1. The van der Waals surface area contributed by atoms with E-state index in [9.17, 15) is 4.39 Å². The van der Waals surface area contributed by atoms with Crippen LogP contribution in [0.15, 0.2) is 41.5 Å². The first-order chi connectivity index (χ1) is 13.5. The number of benzene rings is 1. The van der Waals surface area contributed by atoms with Crippen LogP contribution in [0.2, 0.25) is 5.15 Å². The largest absolute Gasteiger partial charge is 0.490 e. The fraction of sp³-hybridized carbons (Fsp3) is 0.429. The molecule has 5 nitrogen and oxygen atoms in total. The Morgan fingerprint density at radius 1 is 1.36 bits per heavy atom. The van der Waals surface area contributed by atoms with Crippen LogP contribution in [0, 0.1) is 11.7 Å². The molecule has 0 aliphatic heterocycles. The van der Waals surface area contributed by atoms with Gasteiger partial charge in [0.1, 0.15) is 5.15 Å². The quantitative estimate of drug-likeness (QED) is 0.387. The van der Waals surface area contributed by atoms with Gasteiger partial charge in [0.25, 0.3) is 0 Å². The maximum atomic E-state index is 14.4. The Bertz CT molecular complexity index is 809. The van der Waals surface area contributed by atoms with Crippen molar-refractivity contribution in [1.29, 1.82) is 0 Å². The van der Waals surface area contributed by atoms with E-state index < -0.39 is 0 Å². The predicted molar refractivity (Wildman–Crippen MR) is 110 cm³/mol. The van der Waals surface area contributed by atoms with Crippen LogP contribution in [0.4, 0.5) is 4.39 Å². The van der Waals surface area contributed by atoms with E-state index in [1.165, 1.54) is 18.9 Å². The van der Waals surface area contributed by atoms with E-state index in [0.29, 0.717) is 35.9 Å². The van der Waals surface area contributed by atoms with Crippen LogP contribution in [-0.4, -0.2) is 24.1 Å². The minimum atomic E-state index is -0.332. The average Bonchev–Trinajstić information content (AvgIpc) is 3.51. The van der Waals surface area contributed by atoms with Crippen molar-refractivity contribution in [2.45, 2.75) is 39.3 Å². The molecule has 0 saturated heterocycles. The third-order valence-corrected chi connectivity index (χ3v) is 4.76. The van der Waals surface area contributed by atoms with Gasteiger partial charge in [-0.05, 0) is 61.9 Å². The minimum Gasteiger partial charge on any atom is -0.490 e. The number of pyridine rings is 1. The third kappa shape index (κ3) is 6.09. The monoisotopic (exact) mass is 404 g/mol. The van der Waals surface area contributed by atoms with Crippen LogP contribution < -0.4 is 15.4 Å². The molecule has 150 valence electrons. The highest BCUT2D eigenvalue weighted by Gasteiger charge is 2.22. The van der Waals surface area contributed by atoms with Gasteiger partial charge in [0.2, 0.25) is 0 Å². The van der Waals surface area contributed by atoms with Gasteiger partial charge in [0.15, 0.2) is 17.5 Å². The van der Waals surface area contributed by atoms with Crippen molar-refractivity contribution in [1.82, 2.24) is 15.6 Å². The molecule has 1 heterocycles. The van der Waals surface area contributed by atoms with Crippen molar-refractivity contribution >= 4 is 17.6 Å². The summed E-state index contributed by atoms with van der Waals surface area (Å²) >= 11 is 5.81. The number of nitrogens with zero attached hydrogens (tertiary/aromatic N) is 2. The zero-order chi connectivity index (χ0) is 19.9. The third-order valence-electron chi connectivity index (χ3n) is 4.53. The summed E-state index contributed by atoms with van der Waals surface area (Å²) in [4.78, 5) is 8.63. The molecule has 1 aromatic carbocycles. The summed E-state index contributed by atoms with van der Waals surface area (Å²) in [5.74, 6) is 1.23. The molecule has 1 aliphatic rings. The van der Waals surface area contributed by atoms with Gasteiger partial charge in [-0.3, -0.25) is 0 Å². The van der Waals surface area contributed by atoms with E-state index in [1.807, 2.05) is 26.0 Å². The molecule has 0 bridgehead atoms. The molecule has 1 fully saturated rings. The summed E-state index contributed by atoms with van der Waals surface area (Å²) in [6.45, 7) is 5.75. The van der Waals surface area contributed by atoms with Crippen molar-refractivity contribution in [3.63, 3.8) is 0 Å². The summed E-state index contributed by atoms with van der Waals surface area (Å²) in [6.07, 6.45) is 4.06. The lowest BCUT2D eigenvalue weighted by Crippen LogP contribution is -2.38. The molecular formula is C21H26ClFN4O. The summed E-state index contributed by atoms with van der Waals surface area (Å²) in [5.41, 5.74) is 1.78. The Hall–Kier alpha value is -2.34. The van der Waals surface area contributed by atoms with E-state index in [1.54, 1.807) is 18.3 Å². The summed E-state index contributed by atoms with van der Waals surface area (Å²) in [5, 5.41) is 6.97. The van der Waals surface area contributed by atoms with Crippen LogP contribution in [0.5, 0.6) is 5.75 Å². The van der Waals surface area contributed by atoms with Gasteiger partial charge >= 0.3 is 0 Å². The van der Waals surface area contributed by atoms with Gasteiger partial charge in [-0.15, -0.1) is 0 Å². The van der Waals surface area contributed by atoms with Crippen LogP contribution >= 0.6 is 11.6 Å². The number of rotatable bonds is 8. The molecule has 2 N–H and O–H groups in total. The summed E-state index contributed by atoms with van der Waals surface area (Å²) in [6, 6.07) is 8.62. The molecule has 1 atom stereocenters. The maximum absolute atomic E-state index is 14.4. The van der Waals surface area contributed by atoms with E-state index in [-0.39, 0.29) is 11.9 Å². The first kappa shape index (κ1) is 20.4. The number of aromatic nitrogens is 1. The van der Waals surface area contributed by atoms with Crippen LogP contribution in [0.25, 0.3) is 0 Å². The van der Waals surface area contributed by atoms with E-state index in [0.717, 1.165) is 17.7 Å². The van der Waals surface area contributed by atoms with Gasteiger partial charge < -0.3 is 15.4 Å². The predicted octanol–water partition coefficient (Wildman–Crippen LogP) is 4.48. The first-order valence-corrected chi connectivity index (χ1v) is 10.0. The fourth-order valence-electron chi connectivity index (χ4n) is 2.67. The van der Waals surface area contributed by atoms with Gasteiger partial charge in [-0.2, -0.15) is 0 Å². The average molecular weight is 405 g/mol. The number of guanidine groups is 1. The van der Waals surface area contributed by atoms with Crippen molar-refractivity contribution in [2.24, 2.45) is 10.9 Å². The molecule has 1 aliphatic carbocycles. The van der Waals surface area contributed by atoms with E-state index in [4.69, 9.17) is 16.3 Å². The second kappa shape index (κ2) is 9.73. The van der Waals surface area contributed by atoms with Crippen molar-refractivity contribution < 1.29 is 9.13 Å². The molecule has 7 heteroatoms. The zero-order valence-electron chi connectivity index (χ0n) is 16.2. The number of nitrogens with one attached hydrogen (secondary N) is 2. The van der Waals surface area contributed by atoms with Crippen LogP contribution in [0.3, 0.4) is 0 Å². The molecule has 1 aromatic heterocycles. The Kier molecular flexibility index (Phi) is 7.09. The van der Waals surface area contributed by atoms with Crippen molar-refractivity contribution in [3.05, 3.63) is 58.6 Å². The Balaban J connectivity index is 1.62. The minimum absolute atomic E-state index is 0.117. The maximum Gasteiger partial charge on any atom is 0.192 e. The zero-order valence-corrected chi connectivity index (χ0v) is 17.0. The number of ether oxygens (including phenoxy) is 1. The highest BCUT2D eigenvalue weighted by molar-refractivity contribution is 6.29. The molecule has 2 aromatic rings. The van der Waals surface area contributed by atoms with E-state index in [2.05, 4.69) is 20.6 Å². The second-order valence-corrected chi connectivity index (χ2v) is 7.38. The van der Waals surface area contributed by atoms with Crippen LogP contribution in [-0.2, 0) is 6.54 Å². The molecule has 3 rings (SSSR count). The van der Waals surface area contributed by atoms with Crippen LogP contribution in [0.1, 0.15) is 43.9 Å². The summed E-state index contributed by atoms with van der Waals surface area (Å²) < 4.78 is 19.9. The highest BCUT2D eigenvalue weighted by atomic mass is 35.5. The van der Waals surface area contributed by atoms with Crippen molar-refractivity contribution in [3.8, 4) is 5.75 Å². The van der Waals surface area contributed by atoms with Gasteiger partial charge in [-0.1, -0.05) is 23.7 Å². The SMILES string of the molecule is CCNC(=NCc1ccc(Cl)nc1)NC(C)c1ccc(OCC2CC2)c(F)c1. The van der Waals surface area contributed by atoms with E-state index >= 15 is 0 Å². The molecule has 28 heavy (non-hydrogen) atoms. The summed E-state index contributed by atoms with van der Waals surface area (Å²) in [7, 11) is 0. The number of hydrogen-bond acceptors (Lipinski definition) is 3. The molecule has 1 saturated carbocycles. The molecule has 0 radical (unpaired) electrons. The normalized spacial score (nSPS) is 15.2. The highest BCUT2D eigenvalue weighted by Crippen LogP contribution is 2.30. The topological polar surface area (TPSA) is 58.5 Å². The number of hydrogen-bond donors (Lipinski definition) is 2. The molecular weight excluding hydrogens is 379 g/mol. The Morgan fingerprint density at radius 3 is 2.82 bits per heavy atom. The lowest BCUT2D eigenvalue weighted by Gasteiger charge is -2.19.